The zero-order chi connectivity index (χ0) is 17.0. The SMILES string of the molecule is Cc1ccccc1S(=O)(=O)CCOc1ccc(C(=O)O)c(O)c1. The van der Waals surface area contributed by atoms with Gasteiger partial charge >= 0.3 is 5.97 Å². The third kappa shape index (κ3) is 4.01. The van der Waals surface area contributed by atoms with Gasteiger partial charge in [0, 0.05) is 6.07 Å². The molecule has 0 aliphatic heterocycles. The van der Waals surface area contributed by atoms with Crippen molar-refractivity contribution in [1.82, 2.24) is 0 Å². The Bertz CT molecular complexity index is 826. The van der Waals surface area contributed by atoms with E-state index in [1.54, 1.807) is 25.1 Å². The Labute approximate surface area is 133 Å². The average molecular weight is 336 g/mol. The monoisotopic (exact) mass is 336 g/mol. The normalized spacial score (nSPS) is 11.2. The van der Waals surface area contributed by atoms with Crippen LogP contribution in [-0.4, -0.2) is 37.0 Å². The molecule has 7 heteroatoms. The number of ether oxygens (including phenoxy) is 1. The van der Waals surface area contributed by atoms with Crippen LogP contribution in [-0.2, 0) is 9.84 Å². The molecule has 2 rings (SSSR count). The Morgan fingerprint density at radius 3 is 2.48 bits per heavy atom. The van der Waals surface area contributed by atoms with Gasteiger partial charge in [-0.1, -0.05) is 18.2 Å². The van der Waals surface area contributed by atoms with E-state index in [0.717, 1.165) is 6.07 Å². The van der Waals surface area contributed by atoms with Crippen molar-refractivity contribution < 1.29 is 28.2 Å². The summed E-state index contributed by atoms with van der Waals surface area (Å²) in [5.74, 6) is -1.71. The van der Waals surface area contributed by atoms with Gasteiger partial charge in [-0.05, 0) is 30.7 Å². The van der Waals surface area contributed by atoms with Crippen molar-refractivity contribution in [3.63, 3.8) is 0 Å². The number of rotatable bonds is 6. The second kappa shape index (κ2) is 6.70. The van der Waals surface area contributed by atoms with Crippen LogP contribution in [0.25, 0.3) is 0 Å². The van der Waals surface area contributed by atoms with Gasteiger partial charge in [-0.2, -0.15) is 0 Å². The van der Waals surface area contributed by atoms with Crippen LogP contribution in [0.3, 0.4) is 0 Å². The number of carbonyl (C=O) groups is 1. The minimum absolute atomic E-state index is 0.109. The Kier molecular flexibility index (Phi) is 4.90. The lowest BCUT2D eigenvalue weighted by Gasteiger charge is -2.10. The van der Waals surface area contributed by atoms with Crippen LogP contribution in [0.1, 0.15) is 15.9 Å². The highest BCUT2D eigenvalue weighted by Gasteiger charge is 2.17. The summed E-state index contributed by atoms with van der Waals surface area (Å²) < 4.78 is 29.8. The molecule has 0 atom stereocenters. The smallest absolute Gasteiger partial charge is 0.339 e. The number of carboxylic acid groups (broad SMARTS) is 1. The molecule has 0 heterocycles. The Morgan fingerprint density at radius 2 is 1.87 bits per heavy atom. The molecule has 0 aliphatic carbocycles. The lowest BCUT2D eigenvalue weighted by atomic mass is 10.2. The minimum atomic E-state index is -3.47. The van der Waals surface area contributed by atoms with Gasteiger partial charge in [0.2, 0.25) is 0 Å². The molecule has 6 nitrogen and oxygen atoms in total. The molecule has 0 fully saturated rings. The van der Waals surface area contributed by atoms with Crippen molar-refractivity contribution in [3.8, 4) is 11.5 Å². The van der Waals surface area contributed by atoms with Crippen molar-refractivity contribution in [3.05, 3.63) is 53.6 Å². The van der Waals surface area contributed by atoms with Gasteiger partial charge in [0.05, 0.1) is 10.6 Å². The van der Waals surface area contributed by atoms with E-state index >= 15 is 0 Å². The molecule has 0 bridgehead atoms. The maximum absolute atomic E-state index is 12.2. The average Bonchev–Trinajstić information content (AvgIpc) is 2.47. The quantitative estimate of drug-likeness (QED) is 0.839. The first-order valence-electron chi connectivity index (χ1n) is 6.79. The van der Waals surface area contributed by atoms with Crippen LogP contribution < -0.4 is 4.74 Å². The molecule has 0 unspecified atom stereocenters. The van der Waals surface area contributed by atoms with E-state index in [-0.39, 0.29) is 28.6 Å². The molecule has 2 N–H and O–H groups in total. The summed E-state index contributed by atoms with van der Waals surface area (Å²) in [5, 5.41) is 18.4. The fourth-order valence-electron chi connectivity index (χ4n) is 2.07. The fraction of sp³-hybridized carbons (Fsp3) is 0.188. The predicted octanol–water partition coefficient (Wildman–Crippen LogP) is 2.25. The molecule has 2 aromatic rings. The second-order valence-electron chi connectivity index (χ2n) is 4.92. The zero-order valence-corrected chi connectivity index (χ0v) is 13.2. The molecule has 0 amide bonds. The largest absolute Gasteiger partial charge is 0.507 e. The first-order valence-corrected chi connectivity index (χ1v) is 8.44. The van der Waals surface area contributed by atoms with E-state index in [2.05, 4.69) is 0 Å². The van der Waals surface area contributed by atoms with Gasteiger partial charge in [-0.3, -0.25) is 0 Å². The Balaban J connectivity index is 2.04. The zero-order valence-electron chi connectivity index (χ0n) is 12.4. The molecule has 2 aromatic carbocycles. The Morgan fingerprint density at radius 1 is 1.17 bits per heavy atom. The van der Waals surface area contributed by atoms with Gasteiger partial charge in [0.15, 0.2) is 9.84 Å². The summed E-state index contributed by atoms with van der Waals surface area (Å²) in [7, 11) is -3.47. The van der Waals surface area contributed by atoms with Crippen LogP contribution in [0.5, 0.6) is 11.5 Å². The lowest BCUT2D eigenvalue weighted by Crippen LogP contribution is -2.15. The van der Waals surface area contributed by atoms with E-state index in [1.165, 1.54) is 18.2 Å². The molecule has 0 aliphatic rings. The van der Waals surface area contributed by atoms with E-state index in [0.29, 0.717) is 5.56 Å². The minimum Gasteiger partial charge on any atom is -0.507 e. The third-order valence-electron chi connectivity index (χ3n) is 3.25. The third-order valence-corrected chi connectivity index (χ3v) is 5.08. The summed E-state index contributed by atoms with van der Waals surface area (Å²) in [6.07, 6.45) is 0. The summed E-state index contributed by atoms with van der Waals surface area (Å²) in [4.78, 5) is 11.0. The number of aromatic hydroxyl groups is 1. The van der Waals surface area contributed by atoms with E-state index < -0.39 is 21.6 Å². The molecular weight excluding hydrogens is 320 g/mol. The van der Waals surface area contributed by atoms with Gasteiger partial charge in [0.1, 0.15) is 23.7 Å². The number of carboxylic acids is 1. The maximum atomic E-state index is 12.2. The number of aryl methyl sites for hydroxylation is 1. The molecule has 23 heavy (non-hydrogen) atoms. The number of aromatic carboxylic acids is 1. The number of sulfone groups is 1. The first-order chi connectivity index (χ1) is 10.8. The van der Waals surface area contributed by atoms with Crippen LogP contribution in [0, 0.1) is 6.92 Å². The van der Waals surface area contributed by atoms with Crippen molar-refractivity contribution in [2.75, 3.05) is 12.4 Å². The summed E-state index contributed by atoms with van der Waals surface area (Å²) in [6.45, 7) is 1.61. The van der Waals surface area contributed by atoms with Crippen molar-refractivity contribution >= 4 is 15.8 Å². The van der Waals surface area contributed by atoms with E-state index in [9.17, 15) is 18.3 Å². The molecule has 0 spiro atoms. The number of phenols is 1. The van der Waals surface area contributed by atoms with Gasteiger partial charge < -0.3 is 14.9 Å². The number of hydrogen-bond acceptors (Lipinski definition) is 5. The van der Waals surface area contributed by atoms with Crippen molar-refractivity contribution in [1.29, 1.82) is 0 Å². The van der Waals surface area contributed by atoms with Crippen LogP contribution in [0.2, 0.25) is 0 Å². The molecule has 0 saturated heterocycles. The number of hydrogen-bond donors (Lipinski definition) is 2. The topological polar surface area (TPSA) is 101 Å². The van der Waals surface area contributed by atoms with Crippen LogP contribution in [0.4, 0.5) is 0 Å². The van der Waals surface area contributed by atoms with E-state index in [1.807, 2.05) is 0 Å². The summed E-state index contributed by atoms with van der Waals surface area (Å²) in [5.41, 5.74) is 0.417. The standard InChI is InChI=1S/C16H16O6S/c1-11-4-2-3-5-15(11)23(20,21)9-8-22-12-6-7-13(16(18)19)14(17)10-12/h2-7,10,17H,8-9H2,1H3,(H,18,19). The number of benzene rings is 2. The summed E-state index contributed by atoms with van der Waals surface area (Å²) in [6, 6.07) is 10.4. The maximum Gasteiger partial charge on any atom is 0.339 e. The lowest BCUT2D eigenvalue weighted by molar-refractivity contribution is 0.0693. The highest BCUT2D eigenvalue weighted by molar-refractivity contribution is 7.91. The van der Waals surface area contributed by atoms with Gasteiger partial charge in [-0.15, -0.1) is 0 Å². The second-order valence-corrected chi connectivity index (χ2v) is 6.99. The van der Waals surface area contributed by atoms with Gasteiger partial charge in [0.25, 0.3) is 0 Å². The van der Waals surface area contributed by atoms with E-state index in [4.69, 9.17) is 9.84 Å². The molecule has 122 valence electrons. The van der Waals surface area contributed by atoms with Crippen LogP contribution >= 0.6 is 0 Å². The Hall–Kier alpha value is -2.54. The van der Waals surface area contributed by atoms with Crippen molar-refractivity contribution in [2.24, 2.45) is 0 Å². The fourth-order valence-corrected chi connectivity index (χ4v) is 3.43. The molecular formula is C16H16O6S. The summed E-state index contributed by atoms with van der Waals surface area (Å²) >= 11 is 0. The van der Waals surface area contributed by atoms with Crippen LogP contribution in [0.15, 0.2) is 47.4 Å². The molecule has 0 saturated carbocycles. The molecule has 0 radical (unpaired) electrons. The van der Waals surface area contributed by atoms with Gasteiger partial charge in [-0.25, -0.2) is 13.2 Å². The first kappa shape index (κ1) is 16.8. The van der Waals surface area contributed by atoms with Crippen molar-refractivity contribution in [2.45, 2.75) is 11.8 Å². The predicted molar refractivity (Wildman–Crippen MR) is 83.8 cm³/mol. The highest BCUT2D eigenvalue weighted by Crippen LogP contribution is 2.24. The highest BCUT2D eigenvalue weighted by atomic mass is 32.2. The molecule has 0 aromatic heterocycles.